The van der Waals surface area contributed by atoms with Crippen molar-refractivity contribution in [2.75, 3.05) is 0 Å². The number of benzene rings is 2. The first-order chi connectivity index (χ1) is 15.9. The molecular formula is C25H21ClN2O5. The van der Waals surface area contributed by atoms with Crippen LogP contribution in [0.3, 0.4) is 0 Å². The number of amides is 4. The molecule has 0 spiro atoms. The standard InChI is InChI=1S/C25H21ClN2O5/c26-18-9-7-15(8-10-18)24(31)33-21-4-2-1-3-17(21)13-19-22(29)27-25(32)28(23(19)30)20-12-14-5-6-16(20)11-14/h1-4,7-10,13-14,16,20H,5-6,11-12H2,(H,27,29,32). The summed E-state index contributed by atoms with van der Waals surface area (Å²) in [6.07, 6.45) is 5.27. The molecule has 3 unspecified atom stereocenters. The summed E-state index contributed by atoms with van der Waals surface area (Å²) in [5.74, 6) is -0.974. The number of carbonyl (C=O) groups is 4. The Morgan fingerprint density at radius 2 is 1.79 bits per heavy atom. The fourth-order valence-electron chi connectivity index (χ4n) is 5.09. The molecule has 1 saturated heterocycles. The van der Waals surface area contributed by atoms with Crippen LogP contribution < -0.4 is 10.1 Å². The maximum atomic E-state index is 13.3. The molecule has 4 amide bonds. The lowest BCUT2D eigenvalue weighted by Crippen LogP contribution is -2.58. The number of fused-ring (bicyclic) bond motifs is 2. The summed E-state index contributed by atoms with van der Waals surface area (Å²) in [5, 5.41) is 2.79. The van der Waals surface area contributed by atoms with Crippen molar-refractivity contribution in [2.24, 2.45) is 11.8 Å². The van der Waals surface area contributed by atoms with Crippen molar-refractivity contribution in [2.45, 2.75) is 31.7 Å². The minimum absolute atomic E-state index is 0.160. The molecule has 0 aromatic heterocycles. The number of nitrogens with one attached hydrogen (secondary N) is 1. The van der Waals surface area contributed by atoms with Crippen molar-refractivity contribution in [3.05, 3.63) is 70.3 Å². The third-order valence-corrected chi connectivity index (χ3v) is 6.92. The van der Waals surface area contributed by atoms with Gasteiger partial charge in [-0.25, -0.2) is 9.59 Å². The SMILES string of the molecule is O=C1NC(=O)N(C2CC3CCC2C3)C(=O)C1=Cc1ccccc1OC(=O)c1ccc(Cl)cc1. The van der Waals surface area contributed by atoms with Crippen LogP contribution in [-0.4, -0.2) is 34.8 Å². The van der Waals surface area contributed by atoms with Crippen LogP contribution >= 0.6 is 11.6 Å². The first-order valence-corrected chi connectivity index (χ1v) is 11.3. The molecule has 3 fully saturated rings. The average molecular weight is 465 g/mol. The van der Waals surface area contributed by atoms with Crippen LogP contribution in [0.5, 0.6) is 5.75 Å². The molecule has 3 aliphatic rings. The molecule has 7 nitrogen and oxygen atoms in total. The van der Waals surface area contributed by atoms with E-state index in [1.165, 1.54) is 11.0 Å². The predicted octanol–water partition coefficient (Wildman–Crippen LogP) is 4.21. The van der Waals surface area contributed by atoms with E-state index in [2.05, 4.69) is 5.32 Å². The minimum atomic E-state index is -0.761. The molecule has 1 N–H and O–H groups in total. The van der Waals surface area contributed by atoms with Gasteiger partial charge in [0.25, 0.3) is 11.8 Å². The fraction of sp³-hybridized carbons (Fsp3) is 0.280. The number of esters is 1. The molecule has 168 valence electrons. The van der Waals surface area contributed by atoms with E-state index in [0.29, 0.717) is 22.1 Å². The molecule has 2 aromatic carbocycles. The van der Waals surface area contributed by atoms with Crippen molar-refractivity contribution in [1.29, 1.82) is 0 Å². The zero-order valence-electron chi connectivity index (χ0n) is 17.6. The topological polar surface area (TPSA) is 92.8 Å². The third-order valence-electron chi connectivity index (χ3n) is 6.67. The van der Waals surface area contributed by atoms with Gasteiger partial charge in [0.1, 0.15) is 11.3 Å². The van der Waals surface area contributed by atoms with Crippen LogP contribution in [0.25, 0.3) is 6.08 Å². The smallest absolute Gasteiger partial charge is 0.343 e. The number of rotatable bonds is 4. The van der Waals surface area contributed by atoms with E-state index >= 15 is 0 Å². The number of imide groups is 2. The lowest BCUT2D eigenvalue weighted by Gasteiger charge is -2.35. The van der Waals surface area contributed by atoms with Gasteiger partial charge in [-0.3, -0.25) is 19.8 Å². The van der Waals surface area contributed by atoms with Crippen LogP contribution in [0.4, 0.5) is 4.79 Å². The molecule has 2 aromatic rings. The van der Waals surface area contributed by atoms with Gasteiger partial charge in [-0.05, 0) is 67.5 Å². The van der Waals surface area contributed by atoms with Gasteiger partial charge < -0.3 is 4.74 Å². The number of carbonyl (C=O) groups excluding carboxylic acids is 4. The van der Waals surface area contributed by atoms with E-state index in [0.717, 1.165) is 25.7 Å². The number of barbiturate groups is 1. The Labute approximate surface area is 195 Å². The summed E-state index contributed by atoms with van der Waals surface area (Å²) in [5.41, 5.74) is 0.523. The van der Waals surface area contributed by atoms with E-state index in [1.807, 2.05) is 0 Å². The maximum Gasteiger partial charge on any atom is 0.343 e. The van der Waals surface area contributed by atoms with Crippen LogP contribution in [-0.2, 0) is 9.59 Å². The molecule has 1 aliphatic heterocycles. The van der Waals surface area contributed by atoms with Crippen molar-refractivity contribution in [1.82, 2.24) is 10.2 Å². The van der Waals surface area contributed by atoms with E-state index in [1.54, 1.807) is 48.5 Å². The summed E-state index contributed by atoms with van der Waals surface area (Å²) < 4.78 is 5.52. The van der Waals surface area contributed by atoms with E-state index in [9.17, 15) is 19.2 Å². The van der Waals surface area contributed by atoms with Gasteiger partial charge in [-0.15, -0.1) is 0 Å². The van der Waals surface area contributed by atoms with Crippen molar-refractivity contribution in [3.8, 4) is 5.75 Å². The first kappa shape index (κ1) is 21.4. The number of hydrogen-bond donors (Lipinski definition) is 1. The fourth-order valence-corrected chi connectivity index (χ4v) is 5.22. The number of ether oxygens (including phenoxy) is 1. The van der Waals surface area contributed by atoms with Crippen LogP contribution in [0.1, 0.15) is 41.6 Å². The summed E-state index contributed by atoms with van der Waals surface area (Å²) in [7, 11) is 0. The zero-order chi connectivity index (χ0) is 23.1. The number of para-hydroxylation sites is 1. The lowest BCUT2D eigenvalue weighted by atomic mass is 9.93. The van der Waals surface area contributed by atoms with Crippen molar-refractivity contribution in [3.63, 3.8) is 0 Å². The second-order valence-corrected chi connectivity index (χ2v) is 9.11. The molecule has 5 rings (SSSR count). The normalized spacial score (nSPS) is 25.5. The van der Waals surface area contributed by atoms with Crippen molar-refractivity contribution >= 4 is 41.5 Å². The Morgan fingerprint density at radius 1 is 1.03 bits per heavy atom. The number of halogens is 1. The summed E-state index contributed by atoms with van der Waals surface area (Å²) in [6.45, 7) is 0. The van der Waals surface area contributed by atoms with Gasteiger partial charge in [-0.2, -0.15) is 0 Å². The summed E-state index contributed by atoms with van der Waals surface area (Å²) in [6, 6.07) is 12.0. The number of hydrogen-bond acceptors (Lipinski definition) is 5. The summed E-state index contributed by atoms with van der Waals surface area (Å²) in [4.78, 5) is 52.1. The molecule has 3 atom stereocenters. The number of nitrogens with zero attached hydrogens (tertiary/aromatic N) is 1. The second-order valence-electron chi connectivity index (χ2n) is 8.67. The molecule has 33 heavy (non-hydrogen) atoms. The highest BCUT2D eigenvalue weighted by molar-refractivity contribution is 6.31. The van der Waals surface area contributed by atoms with Gasteiger partial charge in [0.2, 0.25) is 0 Å². The molecule has 2 aliphatic carbocycles. The molecule has 0 radical (unpaired) electrons. The van der Waals surface area contributed by atoms with Gasteiger partial charge in [0.05, 0.1) is 5.56 Å². The maximum absolute atomic E-state index is 13.3. The zero-order valence-corrected chi connectivity index (χ0v) is 18.4. The highest BCUT2D eigenvalue weighted by atomic mass is 35.5. The minimum Gasteiger partial charge on any atom is -0.422 e. The Balaban J connectivity index is 1.43. The Morgan fingerprint density at radius 3 is 2.48 bits per heavy atom. The highest BCUT2D eigenvalue weighted by Crippen LogP contribution is 2.47. The van der Waals surface area contributed by atoms with Gasteiger partial charge in [0, 0.05) is 16.6 Å². The number of urea groups is 1. The molecule has 2 bridgehead atoms. The van der Waals surface area contributed by atoms with E-state index < -0.39 is 23.8 Å². The Bertz CT molecular complexity index is 1190. The molecular weight excluding hydrogens is 444 g/mol. The highest BCUT2D eigenvalue weighted by Gasteiger charge is 2.49. The van der Waals surface area contributed by atoms with Crippen LogP contribution in [0, 0.1) is 11.8 Å². The molecule has 8 heteroatoms. The van der Waals surface area contributed by atoms with E-state index in [-0.39, 0.29) is 23.3 Å². The predicted molar refractivity (Wildman–Crippen MR) is 120 cm³/mol. The first-order valence-electron chi connectivity index (χ1n) is 10.9. The lowest BCUT2D eigenvalue weighted by molar-refractivity contribution is -0.132. The quantitative estimate of drug-likeness (QED) is 0.316. The monoisotopic (exact) mass is 464 g/mol. The van der Waals surface area contributed by atoms with Crippen LogP contribution in [0.2, 0.25) is 5.02 Å². The van der Waals surface area contributed by atoms with Crippen LogP contribution in [0.15, 0.2) is 54.1 Å². The molecule has 1 heterocycles. The third kappa shape index (κ3) is 4.04. The second kappa shape index (κ2) is 8.48. The van der Waals surface area contributed by atoms with Crippen molar-refractivity contribution < 1.29 is 23.9 Å². The van der Waals surface area contributed by atoms with Gasteiger partial charge in [-0.1, -0.05) is 36.2 Å². The Hall–Kier alpha value is -3.45. The largest absolute Gasteiger partial charge is 0.422 e. The molecule has 2 saturated carbocycles. The summed E-state index contributed by atoms with van der Waals surface area (Å²) >= 11 is 5.87. The van der Waals surface area contributed by atoms with E-state index in [4.69, 9.17) is 16.3 Å². The average Bonchev–Trinajstić information content (AvgIpc) is 3.42. The van der Waals surface area contributed by atoms with Gasteiger partial charge in [0.15, 0.2) is 0 Å². The Kier molecular flexibility index (Phi) is 5.50. The van der Waals surface area contributed by atoms with Gasteiger partial charge >= 0.3 is 12.0 Å².